The fourth-order valence-corrected chi connectivity index (χ4v) is 5.33. The quantitative estimate of drug-likeness (QED) is 0.386. The molecule has 1 aliphatic carbocycles. The molecule has 1 fully saturated rings. The lowest BCUT2D eigenvalue weighted by Crippen LogP contribution is -2.23. The number of thiazole rings is 1. The third-order valence-electron chi connectivity index (χ3n) is 4.90. The number of sulfonamides is 1. The van der Waals surface area contributed by atoms with Crippen molar-refractivity contribution in [1.82, 2.24) is 15.0 Å². The molecule has 16 heteroatoms. The molecule has 1 aliphatic rings. The summed E-state index contributed by atoms with van der Waals surface area (Å²) in [7, 11) is -2.31. The number of anilines is 2. The van der Waals surface area contributed by atoms with Crippen molar-refractivity contribution in [2.45, 2.75) is 30.4 Å². The zero-order valence-electron chi connectivity index (χ0n) is 18.2. The molecule has 0 bridgehead atoms. The van der Waals surface area contributed by atoms with Gasteiger partial charge in [0.1, 0.15) is 5.82 Å². The first-order chi connectivity index (χ1) is 16.5. The highest BCUT2D eigenvalue weighted by atomic mass is 35.5. The Balaban J connectivity index is 0.00000361. The fourth-order valence-electron chi connectivity index (χ4n) is 3.01. The third-order valence-corrected chi connectivity index (χ3v) is 7.64. The van der Waals surface area contributed by atoms with Gasteiger partial charge in [-0.25, -0.2) is 22.8 Å². The van der Waals surface area contributed by atoms with E-state index in [-0.39, 0.29) is 40.2 Å². The summed E-state index contributed by atoms with van der Waals surface area (Å²) in [5.41, 5.74) is -1.55. The number of ether oxygens (including phenoxy) is 1. The maximum Gasteiger partial charge on any atom is 0.434 e. The second-order valence-corrected chi connectivity index (χ2v) is 10.3. The molecule has 4 rings (SSSR count). The largest absolute Gasteiger partial charge is 0.434 e. The van der Waals surface area contributed by atoms with E-state index in [0.29, 0.717) is 19.0 Å². The first kappa shape index (κ1) is 27.7. The number of amides is 1. The summed E-state index contributed by atoms with van der Waals surface area (Å²) in [6.45, 7) is 0. The van der Waals surface area contributed by atoms with Gasteiger partial charge in [0.05, 0.1) is 34.7 Å². The van der Waals surface area contributed by atoms with E-state index in [4.69, 9.17) is 4.74 Å². The summed E-state index contributed by atoms with van der Waals surface area (Å²) < 4.78 is 84.9. The van der Waals surface area contributed by atoms with Crippen LogP contribution >= 0.6 is 23.7 Å². The van der Waals surface area contributed by atoms with E-state index in [1.54, 1.807) is 0 Å². The molecule has 194 valence electrons. The molecule has 0 aliphatic heterocycles. The maximum atomic E-state index is 14.7. The van der Waals surface area contributed by atoms with Gasteiger partial charge in [0, 0.05) is 18.1 Å². The number of halogens is 5. The van der Waals surface area contributed by atoms with Crippen LogP contribution < -0.4 is 10.0 Å². The van der Waals surface area contributed by atoms with Crippen molar-refractivity contribution in [3.05, 3.63) is 53.2 Å². The van der Waals surface area contributed by atoms with Crippen LogP contribution in [0.2, 0.25) is 0 Å². The second-order valence-electron chi connectivity index (χ2n) is 7.51. The van der Waals surface area contributed by atoms with Crippen LogP contribution in [0.4, 0.5) is 28.4 Å². The monoisotopic (exact) mass is 567 g/mol. The van der Waals surface area contributed by atoms with Gasteiger partial charge < -0.3 is 10.1 Å². The molecule has 0 spiro atoms. The Kier molecular flexibility index (Phi) is 8.17. The van der Waals surface area contributed by atoms with Gasteiger partial charge in [0.15, 0.2) is 16.9 Å². The SMILES string of the molecule is COC(C(=O)Nc1ccc(-c2cncc(C(F)(F)F)n2)cc1F)c1csc(NS(=O)(=O)C2CC2)n1.Cl. The number of aromatic nitrogens is 3. The zero-order chi connectivity index (χ0) is 25.4. The molecule has 1 saturated carbocycles. The fraction of sp³-hybridized carbons (Fsp3) is 0.300. The van der Waals surface area contributed by atoms with Crippen LogP contribution in [0.5, 0.6) is 0 Å². The van der Waals surface area contributed by atoms with Gasteiger partial charge in [-0.1, -0.05) is 6.07 Å². The highest BCUT2D eigenvalue weighted by Crippen LogP contribution is 2.32. The summed E-state index contributed by atoms with van der Waals surface area (Å²) in [6, 6.07) is 3.35. The standard InChI is InChI=1S/C20H17F4N5O4S2.ClH/c1-33-17(15-9-34-19(28-15)29-35(31,32)11-3-4-11)18(30)27-13-5-2-10(6-12(13)21)14-7-25-8-16(26-14)20(22,23)24;/h2,5-9,11,17H,3-4H2,1H3,(H,27,30)(H,28,29);1H. The Morgan fingerprint density at radius 3 is 2.56 bits per heavy atom. The number of hydrogen-bond donors (Lipinski definition) is 2. The van der Waals surface area contributed by atoms with Crippen molar-refractivity contribution in [1.29, 1.82) is 0 Å². The lowest BCUT2D eigenvalue weighted by molar-refractivity contribution is -0.141. The van der Waals surface area contributed by atoms with Gasteiger partial charge in [0.25, 0.3) is 5.91 Å². The number of nitrogens with one attached hydrogen (secondary N) is 2. The lowest BCUT2D eigenvalue weighted by atomic mass is 10.1. The molecule has 1 unspecified atom stereocenters. The first-order valence-corrected chi connectivity index (χ1v) is 12.4. The number of carbonyl (C=O) groups excluding carboxylic acids is 1. The number of alkyl halides is 3. The Labute approximate surface area is 212 Å². The van der Waals surface area contributed by atoms with Gasteiger partial charge in [-0.2, -0.15) is 13.2 Å². The second kappa shape index (κ2) is 10.6. The van der Waals surface area contributed by atoms with Crippen molar-refractivity contribution in [2.75, 3.05) is 17.1 Å². The van der Waals surface area contributed by atoms with E-state index < -0.39 is 45.0 Å². The van der Waals surface area contributed by atoms with Crippen molar-refractivity contribution in [3.8, 4) is 11.3 Å². The van der Waals surface area contributed by atoms with Crippen LogP contribution in [0, 0.1) is 5.82 Å². The molecule has 2 heterocycles. The number of hydrogen-bond acceptors (Lipinski definition) is 8. The summed E-state index contributed by atoms with van der Waals surface area (Å²) >= 11 is 0.966. The van der Waals surface area contributed by atoms with Gasteiger partial charge in [-0.15, -0.1) is 23.7 Å². The summed E-state index contributed by atoms with van der Waals surface area (Å²) in [5, 5.41) is 3.38. The van der Waals surface area contributed by atoms with E-state index in [9.17, 15) is 30.8 Å². The number of carbonyl (C=O) groups is 1. The van der Waals surface area contributed by atoms with E-state index in [1.807, 2.05) is 0 Å². The predicted octanol–water partition coefficient (Wildman–Crippen LogP) is 4.41. The van der Waals surface area contributed by atoms with Crippen molar-refractivity contribution in [2.24, 2.45) is 0 Å². The van der Waals surface area contributed by atoms with E-state index in [0.717, 1.165) is 29.7 Å². The molecule has 9 nitrogen and oxygen atoms in total. The molecule has 3 aromatic rings. The minimum atomic E-state index is -4.71. The van der Waals surface area contributed by atoms with Crippen LogP contribution in [0.1, 0.15) is 30.3 Å². The van der Waals surface area contributed by atoms with Crippen molar-refractivity contribution in [3.63, 3.8) is 0 Å². The predicted molar refractivity (Wildman–Crippen MR) is 126 cm³/mol. The Morgan fingerprint density at radius 2 is 1.94 bits per heavy atom. The van der Waals surface area contributed by atoms with Gasteiger partial charge >= 0.3 is 6.18 Å². The van der Waals surface area contributed by atoms with E-state index in [1.165, 1.54) is 18.6 Å². The van der Waals surface area contributed by atoms with Crippen LogP contribution in [0.15, 0.2) is 36.0 Å². The summed E-state index contributed by atoms with van der Waals surface area (Å²) in [4.78, 5) is 23.7. The highest BCUT2D eigenvalue weighted by Gasteiger charge is 2.36. The molecule has 0 saturated heterocycles. The molecule has 2 N–H and O–H groups in total. The van der Waals surface area contributed by atoms with Crippen LogP contribution in [0.25, 0.3) is 11.3 Å². The number of rotatable bonds is 8. The Bertz CT molecular complexity index is 1370. The van der Waals surface area contributed by atoms with E-state index in [2.05, 4.69) is 25.0 Å². The molecule has 1 aromatic carbocycles. The summed E-state index contributed by atoms with van der Waals surface area (Å²) in [5.74, 6) is -1.72. The van der Waals surface area contributed by atoms with Crippen LogP contribution in [0.3, 0.4) is 0 Å². The normalized spacial score (nSPS) is 14.6. The van der Waals surface area contributed by atoms with Gasteiger partial charge in [0.2, 0.25) is 10.0 Å². The Hall–Kier alpha value is -2.88. The maximum absolute atomic E-state index is 14.7. The number of benzene rings is 1. The van der Waals surface area contributed by atoms with Crippen LogP contribution in [-0.2, 0) is 25.7 Å². The first-order valence-electron chi connectivity index (χ1n) is 9.98. The molecule has 1 amide bonds. The summed E-state index contributed by atoms with van der Waals surface area (Å²) in [6.07, 6.45) is -3.24. The van der Waals surface area contributed by atoms with Crippen molar-refractivity contribution >= 4 is 50.5 Å². The zero-order valence-corrected chi connectivity index (χ0v) is 20.7. The van der Waals surface area contributed by atoms with Crippen LogP contribution in [-0.4, -0.2) is 41.6 Å². The minimum Gasteiger partial charge on any atom is -0.365 e. The highest BCUT2D eigenvalue weighted by molar-refractivity contribution is 7.93. The van der Waals surface area contributed by atoms with E-state index >= 15 is 0 Å². The average Bonchev–Trinajstić information content (AvgIpc) is 3.57. The van der Waals surface area contributed by atoms with Gasteiger partial charge in [-0.3, -0.25) is 14.5 Å². The number of methoxy groups -OCH3 is 1. The van der Waals surface area contributed by atoms with Gasteiger partial charge in [-0.05, 0) is 25.0 Å². The smallest absolute Gasteiger partial charge is 0.365 e. The molecule has 2 aromatic heterocycles. The Morgan fingerprint density at radius 1 is 1.22 bits per heavy atom. The molecular weight excluding hydrogens is 550 g/mol. The lowest BCUT2D eigenvalue weighted by Gasteiger charge is -2.14. The third kappa shape index (κ3) is 6.27. The van der Waals surface area contributed by atoms with Crippen molar-refractivity contribution < 1.29 is 35.5 Å². The topological polar surface area (TPSA) is 123 Å². The average molecular weight is 568 g/mol. The number of nitrogens with zero attached hydrogens (tertiary/aromatic N) is 3. The molecule has 0 radical (unpaired) electrons. The molecule has 36 heavy (non-hydrogen) atoms. The molecule has 1 atom stereocenters. The molecular formula is C20H18ClF4N5O4S2. The minimum absolute atomic E-state index is 0.